The lowest BCUT2D eigenvalue weighted by atomic mass is 10.2. The number of ether oxygens (including phenoxy) is 1. The van der Waals surface area contributed by atoms with Crippen molar-refractivity contribution in [3.05, 3.63) is 48.8 Å². The Hall–Kier alpha value is -2.30. The van der Waals surface area contributed by atoms with Crippen LogP contribution in [0.15, 0.2) is 48.8 Å². The van der Waals surface area contributed by atoms with Crippen LogP contribution in [-0.4, -0.2) is 39.8 Å². The van der Waals surface area contributed by atoms with Crippen molar-refractivity contribution in [1.82, 2.24) is 14.7 Å². The summed E-state index contributed by atoms with van der Waals surface area (Å²) in [6.07, 6.45) is 6.25. The molecule has 0 unspecified atom stereocenters. The summed E-state index contributed by atoms with van der Waals surface area (Å²) < 4.78 is 7.51. The highest BCUT2D eigenvalue weighted by Crippen LogP contribution is 2.20. The highest BCUT2D eigenvalue weighted by molar-refractivity contribution is 5.77. The molecule has 1 atom stereocenters. The second kappa shape index (κ2) is 7.11. The molecule has 0 saturated carbocycles. The highest BCUT2D eigenvalue weighted by atomic mass is 16.5. The fraction of sp³-hybridized carbons (Fsp3) is 0.412. The van der Waals surface area contributed by atoms with Gasteiger partial charge in [-0.1, -0.05) is 18.2 Å². The van der Waals surface area contributed by atoms with Crippen LogP contribution >= 0.6 is 0 Å². The number of nitrogens with zero attached hydrogens (tertiary/aromatic N) is 3. The Kier molecular flexibility index (Phi) is 4.73. The second-order valence-electron chi connectivity index (χ2n) is 5.52. The summed E-state index contributed by atoms with van der Waals surface area (Å²) in [5.74, 6) is 0.982. The van der Waals surface area contributed by atoms with Gasteiger partial charge >= 0.3 is 0 Å². The van der Waals surface area contributed by atoms with Crippen LogP contribution in [0.2, 0.25) is 0 Å². The summed E-state index contributed by atoms with van der Waals surface area (Å²) in [4.78, 5) is 14.4. The quantitative estimate of drug-likeness (QED) is 0.822. The highest BCUT2D eigenvalue weighted by Gasteiger charge is 2.28. The molecule has 0 radical (unpaired) electrons. The van der Waals surface area contributed by atoms with E-state index in [0.717, 1.165) is 31.7 Å². The Balaban J connectivity index is 1.48. The van der Waals surface area contributed by atoms with E-state index in [-0.39, 0.29) is 11.9 Å². The number of hydrogen-bond acceptors (Lipinski definition) is 3. The molecular weight excluding hydrogens is 278 g/mol. The van der Waals surface area contributed by atoms with E-state index < -0.39 is 0 Å². The van der Waals surface area contributed by atoms with Crippen LogP contribution in [0.25, 0.3) is 0 Å². The smallest absolute Gasteiger partial charge is 0.226 e. The molecule has 1 aliphatic heterocycles. The first-order valence-electron chi connectivity index (χ1n) is 7.77. The van der Waals surface area contributed by atoms with E-state index in [0.29, 0.717) is 13.0 Å². The van der Waals surface area contributed by atoms with Crippen molar-refractivity contribution in [1.29, 1.82) is 0 Å². The molecule has 1 aromatic carbocycles. The number of hydrogen-bond donors (Lipinski definition) is 0. The summed E-state index contributed by atoms with van der Waals surface area (Å²) in [5, 5.41) is 4.23. The van der Waals surface area contributed by atoms with Gasteiger partial charge in [0.15, 0.2) is 0 Å². The van der Waals surface area contributed by atoms with Crippen LogP contribution in [0, 0.1) is 0 Å². The average Bonchev–Trinajstić information content (AvgIpc) is 3.20. The number of benzene rings is 1. The number of aromatic nitrogens is 2. The maximum absolute atomic E-state index is 12.4. The van der Waals surface area contributed by atoms with E-state index in [2.05, 4.69) is 5.10 Å². The first-order valence-corrected chi connectivity index (χ1v) is 7.77. The SMILES string of the molecule is O=C(CCOc1ccccc1)N1CCC[C@@H]1Cn1cccn1. The van der Waals surface area contributed by atoms with Crippen LogP contribution in [0.4, 0.5) is 0 Å². The molecule has 3 rings (SSSR count). The molecule has 0 aliphatic carbocycles. The van der Waals surface area contributed by atoms with Gasteiger partial charge in [0.05, 0.1) is 25.6 Å². The Bertz CT molecular complexity index is 583. The number of para-hydroxylation sites is 1. The van der Waals surface area contributed by atoms with Crippen molar-refractivity contribution in [2.24, 2.45) is 0 Å². The van der Waals surface area contributed by atoms with Gasteiger partial charge in [-0.15, -0.1) is 0 Å². The number of carbonyl (C=O) groups excluding carboxylic acids is 1. The van der Waals surface area contributed by atoms with Crippen LogP contribution in [0.5, 0.6) is 5.75 Å². The summed E-state index contributed by atoms with van der Waals surface area (Å²) in [7, 11) is 0. The van der Waals surface area contributed by atoms with Gasteiger partial charge in [0.2, 0.25) is 5.91 Å². The molecule has 116 valence electrons. The average molecular weight is 299 g/mol. The lowest BCUT2D eigenvalue weighted by Gasteiger charge is -2.24. The van der Waals surface area contributed by atoms with E-state index in [1.807, 2.05) is 52.2 Å². The minimum atomic E-state index is 0.172. The maximum Gasteiger partial charge on any atom is 0.226 e. The van der Waals surface area contributed by atoms with Crippen LogP contribution in [0.1, 0.15) is 19.3 Å². The molecule has 1 amide bonds. The van der Waals surface area contributed by atoms with E-state index in [1.165, 1.54) is 0 Å². The first kappa shape index (κ1) is 14.6. The van der Waals surface area contributed by atoms with E-state index >= 15 is 0 Å². The Morgan fingerprint density at radius 1 is 1.27 bits per heavy atom. The van der Waals surface area contributed by atoms with Crippen molar-refractivity contribution >= 4 is 5.91 Å². The summed E-state index contributed by atoms with van der Waals surface area (Å²) >= 11 is 0. The molecule has 1 saturated heterocycles. The summed E-state index contributed by atoms with van der Waals surface area (Å²) in [5.41, 5.74) is 0. The zero-order valence-electron chi connectivity index (χ0n) is 12.6. The fourth-order valence-electron chi connectivity index (χ4n) is 2.89. The monoisotopic (exact) mass is 299 g/mol. The Morgan fingerprint density at radius 3 is 2.91 bits per heavy atom. The number of rotatable bonds is 6. The van der Waals surface area contributed by atoms with Gasteiger partial charge in [0.1, 0.15) is 5.75 Å². The van der Waals surface area contributed by atoms with Crippen molar-refractivity contribution in [3.8, 4) is 5.75 Å². The number of carbonyl (C=O) groups is 1. The van der Waals surface area contributed by atoms with Crippen molar-refractivity contribution in [3.63, 3.8) is 0 Å². The third-order valence-electron chi connectivity index (χ3n) is 3.98. The van der Waals surface area contributed by atoms with Gasteiger partial charge in [-0.3, -0.25) is 9.48 Å². The molecule has 0 spiro atoms. The topological polar surface area (TPSA) is 47.4 Å². The molecule has 1 fully saturated rings. The van der Waals surface area contributed by atoms with E-state index in [4.69, 9.17) is 4.74 Å². The molecule has 2 aromatic rings. The first-order chi connectivity index (χ1) is 10.8. The molecule has 1 aromatic heterocycles. The molecule has 2 heterocycles. The normalized spacial score (nSPS) is 17.6. The van der Waals surface area contributed by atoms with Crippen LogP contribution in [-0.2, 0) is 11.3 Å². The van der Waals surface area contributed by atoms with E-state index in [9.17, 15) is 4.79 Å². The predicted molar refractivity (Wildman–Crippen MR) is 83.5 cm³/mol. The molecule has 5 nitrogen and oxygen atoms in total. The standard InChI is InChI=1S/C17H21N3O2/c21-17(9-13-22-16-7-2-1-3-8-16)20-12-4-6-15(20)14-19-11-5-10-18-19/h1-3,5,7-8,10-11,15H,4,6,9,12-14H2/t15-/m1/s1. The largest absolute Gasteiger partial charge is 0.493 e. The molecule has 0 bridgehead atoms. The van der Waals surface area contributed by atoms with Crippen LogP contribution < -0.4 is 4.74 Å². The van der Waals surface area contributed by atoms with E-state index in [1.54, 1.807) is 6.20 Å². The second-order valence-corrected chi connectivity index (χ2v) is 5.52. The lowest BCUT2D eigenvalue weighted by molar-refractivity contribution is -0.132. The van der Waals surface area contributed by atoms with Crippen molar-refractivity contribution in [2.75, 3.05) is 13.2 Å². The van der Waals surface area contributed by atoms with Gasteiger partial charge in [0.25, 0.3) is 0 Å². The molecule has 5 heteroatoms. The minimum Gasteiger partial charge on any atom is -0.493 e. The van der Waals surface area contributed by atoms with Crippen LogP contribution in [0.3, 0.4) is 0 Å². The molecule has 0 N–H and O–H groups in total. The van der Waals surface area contributed by atoms with Gasteiger partial charge in [-0.25, -0.2) is 0 Å². The predicted octanol–water partition coefficient (Wildman–Crippen LogP) is 2.34. The lowest BCUT2D eigenvalue weighted by Crippen LogP contribution is -2.38. The number of amides is 1. The van der Waals surface area contributed by atoms with Crippen molar-refractivity contribution in [2.45, 2.75) is 31.8 Å². The fourth-order valence-corrected chi connectivity index (χ4v) is 2.89. The Labute approximate surface area is 130 Å². The molecule has 22 heavy (non-hydrogen) atoms. The van der Waals surface area contributed by atoms with Gasteiger partial charge in [-0.05, 0) is 31.0 Å². The number of likely N-dealkylation sites (tertiary alicyclic amines) is 1. The van der Waals surface area contributed by atoms with Gasteiger partial charge < -0.3 is 9.64 Å². The zero-order chi connectivity index (χ0) is 15.2. The molecular formula is C17H21N3O2. The summed E-state index contributed by atoms with van der Waals surface area (Å²) in [6.45, 7) is 2.04. The Morgan fingerprint density at radius 2 is 2.14 bits per heavy atom. The third kappa shape index (κ3) is 3.67. The maximum atomic E-state index is 12.4. The summed E-state index contributed by atoms with van der Waals surface area (Å²) in [6, 6.07) is 11.8. The molecule has 1 aliphatic rings. The van der Waals surface area contributed by atoms with Gasteiger partial charge in [-0.2, -0.15) is 5.10 Å². The minimum absolute atomic E-state index is 0.172. The zero-order valence-corrected chi connectivity index (χ0v) is 12.6. The van der Waals surface area contributed by atoms with Crippen molar-refractivity contribution < 1.29 is 9.53 Å². The van der Waals surface area contributed by atoms with Gasteiger partial charge in [0, 0.05) is 18.9 Å². The third-order valence-corrected chi connectivity index (χ3v) is 3.98.